The van der Waals surface area contributed by atoms with Crippen molar-refractivity contribution in [2.75, 3.05) is 12.9 Å². The molecule has 33 heavy (non-hydrogen) atoms. The highest BCUT2D eigenvalue weighted by Crippen LogP contribution is 2.22. The summed E-state index contributed by atoms with van der Waals surface area (Å²) in [7, 11) is 1.64. The fraction of sp³-hybridized carbons (Fsp3) is 0.481. The fourth-order valence-corrected chi connectivity index (χ4v) is 5.30. The maximum Gasteiger partial charge on any atom is 0.243 e. The second-order valence-electron chi connectivity index (χ2n) is 8.70. The molecule has 0 aromatic heterocycles. The van der Waals surface area contributed by atoms with Crippen LogP contribution in [-0.4, -0.2) is 41.7 Å². The number of amides is 2. The molecule has 1 fully saturated rings. The Morgan fingerprint density at radius 2 is 1.82 bits per heavy atom. The first-order valence-electron chi connectivity index (χ1n) is 11.9. The van der Waals surface area contributed by atoms with Gasteiger partial charge in [-0.3, -0.25) is 9.59 Å². The quantitative estimate of drug-likeness (QED) is 0.498. The van der Waals surface area contributed by atoms with Gasteiger partial charge in [0.05, 0.1) is 12.9 Å². The van der Waals surface area contributed by atoms with Crippen LogP contribution in [-0.2, 0) is 21.9 Å². The average molecular weight is 469 g/mol. The topological polar surface area (TPSA) is 58.6 Å². The van der Waals surface area contributed by atoms with Gasteiger partial charge in [0, 0.05) is 18.3 Å². The van der Waals surface area contributed by atoms with E-state index in [0.717, 1.165) is 42.7 Å². The van der Waals surface area contributed by atoms with Crippen LogP contribution in [0.3, 0.4) is 0 Å². The van der Waals surface area contributed by atoms with Crippen molar-refractivity contribution in [3.8, 4) is 5.75 Å². The van der Waals surface area contributed by atoms with E-state index in [4.69, 9.17) is 4.74 Å². The third-order valence-corrected chi connectivity index (χ3v) is 7.31. The Labute approximate surface area is 202 Å². The van der Waals surface area contributed by atoms with Crippen molar-refractivity contribution in [2.24, 2.45) is 0 Å². The molecule has 0 unspecified atom stereocenters. The molecule has 0 aliphatic heterocycles. The third-order valence-electron chi connectivity index (χ3n) is 6.34. The molecule has 0 radical (unpaired) electrons. The Balaban J connectivity index is 1.71. The van der Waals surface area contributed by atoms with Crippen LogP contribution in [0.1, 0.15) is 55.7 Å². The summed E-state index contributed by atoms with van der Waals surface area (Å²) >= 11 is 1.60. The van der Waals surface area contributed by atoms with E-state index in [0.29, 0.717) is 18.7 Å². The highest BCUT2D eigenvalue weighted by Gasteiger charge is 2.30. The van der Waals surface area contributed by atoms with E-state index in [9.17, 15) is 9.59 Å². The number of carbonyl (C=O) groups is 2. The number of carbonyl (C=O) groups excluding carboxylic acids is 2. The van der Waals surface area contributed by atoms with Gasteiger partial charge in [0.15, 0.2) is 0 Å². The maximum atomic E-state index is 13.4. The lowest BCUT2D eigenvalue weighted by Crippen LogP contribution is -2.51. The number of methoxy groups -OCH3 is 1. The standard InChI is InChI=1S/C27H36N2O3S/c1-4-25(27(31)28-23-11-7-8-12-23)29(17-21-13-15-24(32-3)16-14-21)26(30)19-33-18-22-10-6-5-9-20(22)2/h5-6,9-10,13-16,23,25H,4,7-8,11-12,17-19H2,1-3H3,(H,28,31)/t25-/m1/s1. The predicted octanol–water partition coefficient (Wildman–Crippen LogP) is 5.10. The van der Waals surface area contributed by atoms with Gasteiger partial charge >= 0.3 is 0 Å². The molecular weight excluding hydrogens is 432 g/mol. The van der Waals surface area contributed by atoms with E-state index >= 15 is 0 Å². The summed E-state index contributed by atoms with van der Waals surface area (Å²) in [5.41, 5.74) is 3.46. The summed E-state index contributed by atoms with van der Waals surface area (Å²) in [6, 6.07) is 15.7. The summed E-state index contributed by atoms with van der Waals surface area (Å²) in [5, 5.41) is 3.20. The number of ether oxygens (including phenoxy) is 1. The first kappa shape index (κ1) is 25.2. The van der Waals surface area contributed by atoms with E-state index in [1.807, 2.05) is 43.3 Å². The first-order chi connectivity index (χ1) is 16.0. The van der Waals surface area contributed by atoms with Crippen LogP contribution >= 0.6 is 11.8 Å². The largest absolute Gasteiger partial charge is 0.497 e. The molecule has 2 aromatic carbocycles. The van der Waals surface area contributed by atoms with Crippen LogP contribution in [0.15, 0.2) is 48.5 Å². The molecule has 0 spiro atoms. The van der Waals surface area contributed by atoms with Gasteiger partial charge in [0.1, 0.15) is 11.8 Å². The van der Waals surface area contributed by atoms with Crippen LogP contribution in [0.25, 0.3) is 0 Å². The Morgan fingerprint density at radius 1 is 1.12 bits per heavy atom. The Morgan fingerprint density at radius 3 is 2.45 bits per heavy atom. The van der Waals surface area contributed by atoms with Crippen molar-refractivity contribution in [3.63, 3.8) is 0 Å². The first-order valence-corrected chi connectivity index (χ1v) is 13.0. The predicted molar refractivity (Wildman–Crippen MR) is 135 cm³/mol. The van der Waals surface area contributed by atoms with Gasteiger partial charge in [-0.15, -0.1) is 11.8 Å². The fourth-order valence-electron chi connectivity index (χ4n) is 4.32. The number of nitrogens with zero attached hydrogens (tertiary/aromatic N) is 1. The van der Waals surface area contributed by atoms with Crippen molar-refractivity contribution in [1.82, 2.24) is 10.2 Å². The Bertz CT molecular complexity index is 910. The second kappa shape index (κ2) is 12.7. The molecular formula is C27H36N2O3S. The van der Waals surface area contributed by atoms with Gasteiger partial charge in [0.25, 0.3) is 0 Å². The van der Waals surface area contributed by atoms with E-state index in [-0.39, 0.29) is 17.9 Å². The van der Waals surface area contributed by atoms with Gasteiger partial charge in [-0.05, 0) is 55.0 Å². The molecule has 5 nitrogen and oxygen atoms in total. The molecule has 0 saturated heterocycles. The van der Waals surface area contributed by atoms with Crippen molar-refractivity contribution >= 4 is 23.6 Å². The van der Waals surface area contributed by atoms with Gasteiger partial charge in [0.2, 0.25) is 11.8 Å². The van der Waals surface area contributed by atoms with Crippen LogP contribution in [0.5, 0.6) is 5.75 Å². The van der Waals surface area contributed by atoms with E-state index in [1.54, 1.807) is 23.8 Å². The van der Waals surface area contributed by atoms with Gasteiger partial charge < -0.3 is 15.0 Å². The van der Waals surface area contributed by atoms with Crippen LogP contribution in [0.4, 0.5) is 0 Å². The summed E-state index contributed by atoms with van der Waals surface area (Å²) in [4.78, 5) is 28.3. The third kappa shape index (κ3) is 7.26. The van der Waals surface area contributed by atoms with Crippen LogP contribution < -0.4 is 10.1 Å². The molecule has 178 valence electrons. The molecule has 1 aliphatic carbocycles. The van der Waals surface area contributed by atoms with Crippen LogP contribution in [0.2, 0.25) is 0 Å². The molecule has 0 bridgehead atoms. The number of rotatable bonds is 11. The number of aryl methyl sites for hydroxylation is 1. The zero-order chi connectivity index (χ0) is 23.6. The highest BCUT2D eigenvalue weighted by atomic mass is 32.2. The monoisotopic (exact) mass is 468 g/mol. The van der Waals surface area contributed by atoms with E-state index in [2.05, 4.69) is 24.4 Å². The Kier molecular flexibility index (Phi) is 9.67. The minimum Gasteiger partial charge on any atom is -0.497 e. The zero-order valence-corrected chi connectivity index (χ0v) is 20.8. The molecule has 1 saturated carbocycles. The zero-order valence-electron chi connectivity index (χ0n) is 20.0. The van der Waals surface area contributed by atoms with Crippen molar-refractivity contribution < 1.29 is 14.3 Å². The van der Waals surface area contributed by atoms with Crippen LogP contribution in [0, 0.1) is 6.92 Å². The van der Waals surface area contributed by atoms with Crippen molar-refractivity contribution in [3.05, 3.63) is 65.2 Å². The minimum absolute atomic E-state index is 0.00201. The normalized spacial score (nSPS) is 14.6. The summed E-state index contributed by atoms with van der Waals surface area (Å²) in [6.45, 7) is 4.48. The summed E-state index contributed by atoms with van der Waals surface area (Å²) < 4.78 is 5.26. The number of nitrogens with one attached hydrogen (secondary N) is 1. The number of benzene rings is 2. The molecule has 3 rings (SSSR count). The molecule has 0 heterocycles. The average Bonchev–Trinajstić information content (AvgIpc) is 3.33. The van der Waals surface area contributed by atoms with E-state index < -0.39 is 6.04 Å². The SMILES string of the molecule is CC[C@H](C(=O)NC1CCCC1)N(Cc1ccc(OC)cc1)C(=O)CSCc1ccccc1C. The van der Waals surface area contributed by atoms with Gasteiger partial charge in [-0.2, -0.15) is 0 Å². The Hall–Kier alpha value is -2.47. The van der Waals surface area contributed by atoms with Crippen molar-refractivity contribution in [2.45, 2.75) is 70.3 Å². The lowest BCUT2D eigenvalue weighted by atomic mass is 10.1. The molecule has 1 atom stereocenters. The van der Waals surface area contributed by atoms with Gasteiger partial charge in [-0.1, -0.05) is 56.2 Å². The number of thioether (sulfide) groups is 1. The number of hydrogen-bond acceptors (Lipinski definition) is 4. The smallest absolute Gasteiger partial charge is 0.243 e. The molecule has 1 aliphatic rings. The lowest BCUT2D eigenvalue weighted by Gasteiger charge is -2.31. The van der Waals surface area contributed by atoms with Crippen molar-refractivity contribution in [1.29, 1.82) is 0 Å². The van der Waals surface area contributed by atoms with Gasteiger partial charge in [-0.25, -0.2) is 0 Å². The highest BCUT2D eigenvalue weighted by molar-refractivity contribution is 7.99. The molecule has 2 aromatic rings. The summed E-state index contributed by atoms with van der Waals surface area (Å²) in [6.07, 6.45) is 4.96. The summed E-state index contributed by atoms with van der Waals surface area (Å²) in [5.74, 6) is 1.86. The molecule has 2 amide bonds. The lowest BCUT2D eigenvalue weighted by molar-refractivity contribution is -0.139. The second-order valence-corrected chi connectivity index (χ2v) is 9.69. The molecule has 6 heteroatoms. The minimum atomic E-state index is -0.473. The number of hydrogen-bond donors (Lipinski definition) is 1. The molecule has 1 N–H and O–H groups in total. The maximum absolute atomic E-state index is 13.4. The van der Waals surface area contributed by atoms with E-state index in [1.165, 1.54) is 11.1 Å².